The Morgan fingerprint density at radius 3 is 2.94 bits per heavy atom. The van der Waals surface area contributed by atoms with E-state index in [4.69, 9.17) is 5.11 Å². The SMILES string of the molecule is O=C(O)CCCCc1nc2c(F)cccc2[nH]1. The summed E-state index contributed by atoms with van der Waals surface area (Å²) in [5.74, 6) is -0.424. The molecule has 0 aliphatic carbocycles. The maximum absolute atomic E-state index is 13.3. The Bertz CT molecular complexity index is 536. The molecular weight excluding hydrogens is 223 g/mol. The number of nitrogens with zero attached hydrogens (tertiary/aromatic N) is 1. The van der Waals surface area contributed by atoms with Gasteiger partial charge in [0.1, 0.15) is 11.3 Å². The number of rotatable bonds is 5. The Labute approximate surface area is 97.5 Å². The van der Waals surface area contributed by atoms with E-state index in [1.165, 1.54) is 6.07 Å². The Morgan fingerprint density at radius 2 is 2.24 bits per heavy atom. The van der Waals surface area contributed by atoms with Crippen LogP contribution in [0.2, 0.25) is 0 Å². The third-order valence-corrected chi connectivity index (χ3v) is 2.57. The second kappa shape index (κ2) is 4.95. The van der Waals surface area contributed by atoms with Crippen molar-refractivity contribution in [3.63, 3.8) is 0 Å². The van der Waals surface area contributed by atoms with Crippen LogP contribution in [-0.4, -0.2) is 21.0 Å². The zero-order valence-electron chi connectivity index (χ0n) is 9.24. The van der Waals surface area contributed by atoms with Gasteiger partial charge in [-0.15, -0.1) is 0 Å². The lowest BCUT2D eigenvalue weighted by atomic mass is 10.2. The zero-order valence-corrected chi connectivity index (χ0v) is 9.24. The predicted molar refractivity (Wildman–Crippen MR) is 61.2 cm³/mol. The smallest absolute Gasteiger partial charge is 0.303 e. The summed E-state index contributed by atoms with van der Waals surface area (Å²) in [7, 11) is 0. The van der Waals surface area contributed by atoms with Crippen LogP contribution >= 0.6 is 0 Å². The number of halogens is 1. The molecule has 0 amide bonds. The molecule has 2 aromatic rings. The van der Waals surface area contributed by atoms with Crippen LogP contribution in [-0.2, 0) is 11.2 Å². The fourth-order valence-corrected chi connectivity index (χ4v) is 1.74. The van der Waals surface area contributed by atoms with Crippen molar-refractivity contribution in [2.45, 2.75) is 25.7 Å². The minimum atomic E-state index is -0.791. The summed E-state index contributed by atoms with van der Waals surface area (Å²) in [5.41, 5.74) is 1.03. The fourth-order valence-electron chi connectivity index (χ4n) is 1.74. The number of carboxylic acid groups (broad SMARTS) is 1. The second-order valence-corrected chi connectivity index (χ2v) is 3.92. The minimum absolute atomic E-state index is 0.161. The number of fused-ring (bicyclic) bond motifs is 1. The van der Waals surface area contributed by atoms with Gasteiger partial charge in [0.05, 0.1) is 5.52 Å². The van der Waals surface area contributed by atoms with E-state index in [0.29, 0.717) is 29.7 Å². The van der Waals surface area contributed by atoms with Gasteiger partial charge < -0.3 is 10.1 Å². The molecular formula is C12H13FN2O2. The summed E-state index contributed by atoms with van der Waals surface area (Å²) >= 11 is 0. The van der Waals surface area contributed by atoms with Crippen molar-refractivity contribution in [2.24, 2.45) is 0 Å². The number of nitrogens with one attached hydrogen (secondary N) is 1. The maximum Gasteiger partial charge on any atom is 0.303 e. The molecule has 0 radical (unpaired) electrons. The molecule has 0 bridgehead atoms. The highest BCUT2D eigenvalue weighted by molar-refractivity contribution is 5.75. The number of imidazole rings is 1. The lowest BCUT2D eigenvalue weighted by Crippen LogP contribution is -1.95. The molecule has 0 saturated carbocycles. The van der Waals surface area contributed by atoms with E-state index in [0.717, 1.165) is 6.42 Å². The number of aromatic amines is 1. The quantitative estimate of drug-likeness (QED) is 0.784. The third-order valence-electron chi connectivity index (χ3n) is 2.57. The highest BCUT2D eigenvalue weighted by Gasteiger charge is 2.06. The normalized spacial score (nSPS) is 10.9. The van der Waals surface area contributed by atoms with Crippen LogP contribution in [0.4, 0.5) is 4.39 Å². The molecule has 0 aliphatic heterocycles. The summed E-state index contributed by atoms with van der Waals surface area (Å²) in [6, 6.07) is 4.77. The molecule has 1 aromatic heterocycles. The average Bonchev–Trinajstić information content (AvgIpc) is 2.69. The molecule has 0 spiro atoms. The molecule has 1 heterocycles. The largest absolute Gasteiger partial charge is 0.481 e. The zero-order chi connectivity index (χ0) is 12.3. The first-order valence-corrected chi connectivity index (χ1v) is 5.52. The van der Waals surface area contributed by atoms with Crippen molar-refractivity contribution in [1.82, 2.24) is 9.97 Å². The number of aryl methyl sites for hydroxylation is 1. The number of carboxylic acids is 1. The van der Waals surface area contributed by atoms with Crippen LogP contribution < -0.4 is 0 Å². The number of hydrogen-bond donors (Lipinski definition) is 2. The van der Waals surface area contributed by atoms with Crippen LogP contribution in [0.25, 0.3) is 11.0 Å². The number of aliphatic carboxylic acids is 1. The number of carbonyl (C=O) groups is 1. The van der Waals surface area contributed by atoms with Crippen molar-refractivity contribution in [3.8, 4) is 0 Å². The standard InChI is InChI=1S/C12H13FN2O2/c13-8-4-3-5-9-12(8)15-10(14-9)6-1-2-7-11(16)17/h3-5H,1-2,6-7H2,(H,14,15)(H,16,17). The summed E-state index contributed by atoms with van der Waals surface area (Å²) in [4.78, 5) is 17.5. The van der Waals surface area contributed by atoms with Crippen molar-refractivity contribution in [1.29, 1.82) is 0 Å². The minimum Gasteiger partial charge on any atom is -0.481 e. The Balaban J connectivity index is 2.00. The van der Waals surface area contributed by atoms with Gasteiger partial charge in [0.25, 0.3) is 0 Å². The van der Waals surface area contributed by atoms with Gasteiger partial charge in [0.2, 0.25) is 0 Å². The molecule has 0 unspecified atom stereocenters. The Morgan fingerprint density at radius 1 is 1.41 bits per heavy atom. The van der Waals surface area contributed by atoms with Gasteiger partial charge in [-0.1, -0.05) is 6.07 Å². The molecule has 90 valence electrons. The number of benzene rings is 1. The van der Waals surface area contributed by atoms with Crippen LogP contribution in [0.3, 0.4) is 0 Å². The molecule has 5 heteroatoms. The molecule has 1 aromatic carbocycles. The lowest BCUT2D eigenvalue weighted by Gasteiger charge is -1.95. The Hall–Kier alpha value is -1.91. The number of para-hydroxylation sites is 1. The molecule has 0 atom stereocenters. The van der Waals surface area contributed by atoms with Gasteiger partial charge in [-0.25, -0.2) is 9.37 Å². The van der Waals surface area contributed by atoms with Gasteiger partial charge in [0.15, 0.2) is 5.82 Å². The van der Waals surface area contributed by atoms with E-state index in [2.05, 4.69) is 9.97 Å². The van der Waals surface area contributed by atoms with Gasteiger partial charge in [-0.3, -0.25) is 4.79 Å². The van der Waals surface area contributed by atoms with E-state index in [1.54, 1.807) is 12.1 Å². The van der Waals surface area contributed by atoms with Crippen LogP contribution in [0, 0.1) is 5.82 Å². The molecule has 2 N–H and O–H groups in total. The highest BCUT2D eigenvalue weighted by atomic mass is 19.1. The van der Waals surface area contributed by atoms with E-state index in [1.807, 2.05) is 0 Å². The highest BCUT2D eigenvalue weighted by Crippen LogP contribution is 2.15. The summed E-state index contributed by atoms with van der Waals surface area (Å²) < 4.78 is 13.3. The fraction of sp³-hybridized carbons (Fsp3) is 0.333. The van der Waals surface area contributed by atoms with Gasteiger partial charge in [-0.2, -0.15) is 0 Å². The number of H-pyrrole nitrogens is 1. The van der Waals surface area contributed by atoms with Crippen molar-refractivity contribution >= 4 is 17.0 Å². The number of hydrogen-bond acceptors (Lipinski definition) is 2. The third kappa shape index (κ3) is 2.81. The number of aromatic nitrogens is 2. The van der Waals surface area contributed by atoms with E-state index in [9.17, 15) is 9.18 Å². The summed E-state index contributed by atoms with van der Waals surface area (Å²) in [5, 5.41) is 8.49. The molecule has 17 heavy (non-hydrogen) atoms. The molecule has 2 rings (SSSR count). The second-order valence-electron chi connectivity index (χ2n) is 3.92. The van der Waals surface area contributed by atoms with Crippen LogP contribution in [0.15, 0.2) is 18.2 Å². The van der Waals surface area contributed by atoms with Crippen LogP contribution in [0.5, 0.6) is 0 Å². The van der Waals surface area contributed by atoms with Crippen molar-refractivity contribution < 1.29 is 14.3 Å². The molecule has 4 nitrogen and oxygen atoms in total. The summed E-state index contributed by atoms with van der Waals surface area (Å²) in [6.45, 7) is 0. The van der Waals surface area contributed by atoms with E-state index < -0.39 is 5.97 Å². The van der Waals surface area contributed by atoms with Crippen LogP contribution in [0.1, 0.15) is 25.1 Å². The van der Waals surface area contributed by atoms with Crippen molar-refractivity contribution in [3.05, 3.63) is 29.8 Å². The number of unbranched alkanes of at least 4 members (excludes halogenated alkanes) is 1. The predicted octanol–water partition coefficient (Wildman–Crippen LogP) is 2.50. The monoisotopic (exact) mass is 236 g/mol. The van der Waals surface area contributed by atoms with Gasteiger partial charge in [0, 0.05) is 12.8 Å². The molecule has 0 saturated heterocycles. The first-order chi connectivity index (χ1) is 8.16. The first kappa shape index (κ1) is 11.6. The van der Waals surface area contributed by atoms with E-state index in [-0.39, 0.29) is 12.2 Å². The van der Waals surface area contributed by atoms with Crippen molar-refractivity contribution in [2.75, 3.05) is 0 Å². The summed E-state index contributed by atoms with van der Waals surface area (Å²) in [6.07, 6.45) is 2.14. The lowest BCUT2D eigenvalue weighted by molar-refractivity contribution is -0.137. The van der Waals surface area contributed by atoms with E-state index >= 15 is 0 Å². The first-order valence-electron chi connectivity index (χ1n) is 5.52. The topological polar surface area (TPSA) is 66.0 Å². The Kier molecular flexibility index (Phi) is 3.37. The molecule has 0 fully saturated rings. The van der Waals surface area contributed by atoms with Gasteiger partial charge >= 0.3 is 5.97 Å². The van der Waals surface area contributed by atoms with Gasteiger partial charge in [-0.05, 0) is 25.0 Å². The average molecular weight is 236 g/mol. The maximum atomic E-state index is 13.3. The molecule has 0 aliphatic rings.